The Hall–Kier alpha value is -1.46. The van der Waals surface area contributed by atoms with Gasteiger partial charge in [-0.15, -0.1) is 0 Å². The second-order valence-electron chi connectivity index (χ2n) is 5.20. The third-order valence-corrected chi connectivity index (χ3v) is 3.54. The quantitative estimate of drug-likeness (QED) is 0.870. The van der Waals surface area contributed by atoms with Gasteiger partial charge in [0.15, 0.2) is 0 Å². The molecule has 2 rings (SSSR count). The van der Waals surface area contributed by atoms with Gasteiger partial charge in [0.2, 0.25) is 5.91 Å². The molecule has 2 unspecified atom stereocenters. The summed E-state index contributed by atoms with van der Waals surface area (Å²) in [6.45, 7) is 3.59. The molecule has 1 amide bonds. The Labute approximate surface area is 113 Å². The maximum Gasteiger partial charge on any atom is 0.245 e. The van der Waals surface area contributed by atoms with Crippen LogP contribution in [0.3, 0.4) is 0 Å². The number of carbonyl (C=O) groups excluding carboxylic acids is 1. The fraction of sp³-hybridized carbons (Fsp3) is 0.500. The number of hydrogen-bond acceptors (Lipinski definition) is 3. The van der Waals surface area contributed by atoms with Gasteiger partial charge in [0, 0.05) is 19.6 Å². The molecule has 1 heterocycles. The summed E-state index contributed by atoms with van der Waals surface area (Å²) in [7, 11) is 1.89. The highest BCUT2D eigenvalue weighted by Crippen LogP contribution is 2.24. The van der Waals surface area contributed by atoms with Gasteiger partial charge in [-0.1, -0.05) is 19.1 Å². The van der Waals surface area contributed by atoms with Crippen LogP contribution in [0.4, 0.5) is 10.1 Å². The van der Waals surface area contributed by atoms with Crippen molar-refractivity contribution in [1.29, 1.82) is 0 Å². The zero-order chi connectivity index (χ0) is 14.0. The van der Waals surface area contributed by atoms with Crippen LogP contribution in [0.1, 0.15) is 6.92 Å². The second-order valence-corrected chi connectivity index (χ2v) is 5.20. The van der Waals surface area contributed by atoms with Gasteiger partial charge in [0.25, 0.3) is 0 Å². The molecule has 19 heavy (non-hydrogen) atoms. The molecule has 0 radical (unpaired) electrons. The summed E-state index contributed by atoms with van der Waals surface area (Å²) in [6, 6.07) is 5.99. The summed E-state index contributed by atoms with van der Waals surface area (Å²) in [5.74, 6) is -0.229. The van der Waals surface area contributed by atoms with Crippen molar-refractivity contribution in [3.8, 4) is 0 Å². The van der Waals surface area contributed by atoms with Crippen LogP contribution in [0.25, 0.3) is 0 Å². The Morgan fingerprint density at radius 1 is 1.37 bits per heavy atom. The first-order valence-electron chi connectivity index (χ1n) is 6.50. The number of hydrogen-bond donors (Lipinski definition) is 1. The molecule has 0 spiro atoms. The predicted molar refractivity (Wildman–Crippen MR) is 73.4 cm³/mol. The summed E-state index contributed by atoms with van der Waals surface area (Å²) < 4.78 is 13.9. The lowest BCUT2D eigenvalue weighted by Crippen LogP contribution is -2.48. The zero-order valence-corrected chi connectivity index (χ0v) is 11.3. The molecule has 1 aliphatic rings. The van der Waals surface area contributed by atoms with Gasteiger partial charge < -0.3 is 10.6 Å². The topological polar surface area (TPSA) is 49.6 Å². The third kappa shape index (κ3) is 2.77. The predicted octanol–water partition coefficient (Wildman–Crippen LogP) is 1.07. The maximum absolute atomic E-state index is 13.9. The van der Waals surface area contributed by atoms with E-state index in [1.54, 1.807) is 18.2 Å². The molecule has 0 bridgehead atoms. The number of halogens is 1. The van der Waals surface area contributed by atoms with E-state index in [2.05, 4.69) is 6.92 Å². The number of nitrogens with two attached hydrogens (primary N) is 1. The molecule has 5 heteroatoms. The van der Waals surface area contributed by atoms with Crippen molar-refractivity contribution in [2.24, 2.45) is 11.7 Å². The van der Waals surface area contributed by atoms with Crippen LogP contribution in [0.15, 0.2) is 24.3 Å². The van der Waals surface area contributed by atoms with Crippen molar-refractivity contribution in [1.82, 2.24) is 4.90 Å². The average Bonchev–Trinajstić information content (AvgIpc) is 2.47. The molecular weight excluding hydrogens is 245 g/mol. The number of benzene rings is 1. The van der Waals surface area contributed by atoms with Gasteiger partial charge in [-0.3, -0.25) is 9.69 Å². The summed E-state index contributed by atoms with van der Waals surface area (Å²) in [6.07, 6.45) is 0. The number of anilines is 1. The van der Waals surface area contributed by atoms with Crippen molar-refractivity contribution < 1.29 is 9.18 Å². The van der Waals surface area contributed by atoms with E-state index in [-0.39, 0.29) is 30.2 Å². The van der Waals surface area contributed by atoms with Crippen molar-refractivity contribution >= 4 is 11.6 Å². The first kappa shape index (κ1) is 14.0. The largest absolute Gasteiger partial charge is 0.328 e. The summed E-state index contributed by atoms with van der Waals surface area (Å²) in [5.41, 5.74) is 6.04. The molecule has 1 aromatic carbocycles. The van der Waals surface area contributed by atoms with Gasteiger partial charge in [-0.05, 0) is 25.1 Å². The summed E-state index contributed by atoms with van der Waals surface area (Å²) >= 11 is 0. The van der Waals surface area contributed by atoms with E-state index < -0.39 is 0 Å². The minimum atomic E-state index is -0.385. The maximum atomic E-state index is 13.9. The van der Waals surface area contributed by atoms with E-state index in [0.717, 1.165) is 6.54 Å². The van der Waals surface area contributed by atoms with Crippen LogP contribution in [0.5, 0.6) is 0 Å². The fourth-order valence-corrected chi connectivity index (χ4v) is 2.62. The Bertz CT molecular complexity index is 466. The van der Waals surface area contributed by atoms with Gasteiger partial charge in [0.05, 0.1) is 5.69 Å². The SMILES string of the molecule is CC1CN(c2ccccc2F)C(=O)C(CN)N(C)C1. The van der Waals surface area contributed by atoms with E-state index in [0.29, 0.717) is 12.2 Å². The lowest BCUT2D eigenvalue weighted by molar-refractivity contribution is -0.122. The molecule has 2 N–H and O–H groups in total. The van der Waals surface area contributed by atoms with E-state index in [9.17, 15) is 9.18 Å². The molecule has 1 fully saturated rings. The van der Waals surface area contributed by atoms with Gasteiger partial charge in [0.1, 0.15) is 11.9 Å². The Kier molecular flexibility index (Phi) is 4.17. The van der Waals surface area contributed by atoms with E-state index in [1.807, 2.05) is 11.9 Å². The van der Waals surface area contributed by atoms with Gasteiger partial charge in [-0.2, -0.15) is 0 Å². The van der Waals surface area contributed by atoms with Crippen molar-refractivity contribution in [3.05, 3.63) is 30.1 Å². The highest BCUT2D eigenvalue weighted by molar-refractivity contribution is 5.97. The molecule has 1 aliphatic heterocycles. The van der Waals surface area contributed by atoms with Crippen LogP contribution in [-0.4, -0.2) is 43.5 Å². The number of para-hydroxylation sites is 1. The standard InChI is InChI=1S/C14H20FN3O/c1-10-8-17(2)13(7-16)14(19)18(9-10)12-6-4-3-5-11(12)15/h3-6,10,13H,7-9,16H2,1-2H3. The van der Waals surface area contributed by atoms with Crippen LogP contribution >= 0.6 is 0 Å². The molecule has 4 nitrogen and oxygen atoms in total. The van der Waals surface area contributed by atoms with E-state index >= 15 is 0 Å². The zero-order valence-electron chi connectivity index (χ0n) is 11.3. The van der Waals surface area contributed by atoms with E-state index in [4.69, 9.17) is 5.73 Å². The summed E-state index contributed by atoms with van der Waals surface area (Å²) in [5, 5.41) is 0. The van der Waals surface area contributed by atoms with Crippen LogP contribution in [-0.2, 0) is 4.79 Å². The average molecular weight is 265 g/mol. The second kappa shape index (κ2) is 5.67. The molecule has 2 atom stereocenters. The minimum Gasteiger partial charge on any atom is -0.328 e. The third-order valence-electron chi connectivity index (χ3n) is 3.54. The van der Waals surface area contributed by atoms with Crippen LogP contribution < -0.4 is 10.6 Å². The minimum absolute atomic E-state index is 0.126. The number of carbonyl (C=O) groups is 1. The number of amides is 1. The fourth-order valence-electron chi connectivity index (χ4n) is 2.62. The van der Waals surface area contributed by atoms with Crippen molar-refractivity contribution in [2.45, 2.75) is 13.0 Å². The number of nitrogens with zero attached hydrogens (tertiary/aromatic N) is 2. The highest BCUT2D eigenvalue weighted by atomic mass is 19.1. The normalized spacial score (nSPS) is 25.5. The molecule has 1 aromatic rings. The molecule has 0 aromatic heterocycles. The first-order chi connectivity index (χ1) is 9.04. The Morgan fingerprint density at radius 3 is 2.68 bits per heavy atom. The molecule has 0 saturated carbocycles. The van der Waals surface area contributed by atoms with Crippen LogP contribution in [0.2, 0.25) is 0 Å². The number of rotatable bonds is 2. The van der Waals surface area contributed by atoms with Crippen LogP contribution in [0, 0.1) is 11.7 Å². The molecule has 0 aliphatic carbocycles. The smallest absolute Gasteiger partial charge is 0.245 e. The highest BCUT2D eigenvalue weighted by Gasteiger charge is 2.33. The van der Waals surface area contributed by atoms with Crippen molar-refractivity contribution in [2.75, 3.05) is 31.6 Å². The van der Waals surface area contributed by atoms with Gasteiger partial charge >= 0.3 is 0 Å². The lowest BCUT2D eigenvalue weighted by atomic mass is 10.1. The molecule has 104 valence electrons. The molecular formula is C14H20FN3O. The monoisotopic (exact) mass is 265 g/mol. The molecule has 1 saturated heterocycles. The number of likely N-dealkylation sites (N-methyl/N-ethyl adjacent to an activating group) is 1. The van der Waals surface area contributed by atoms with Gasteiger partial charge in [-0.25, -0.2) is 4.39 Å². The summed E-state index contributed by atoms with van der Waals surface area (Å²) in [4.78, 5) is 16.0. The van der Waals surface area contributed by atoms with E-state index in [1.165, 1.54) is 11.0 Å². The Balaban J connectivity index is 2.38. The van der Waals surface area contributed by atoms with Crippen molar-refractivity contribution in [3.63, 3.8) is 0 Å². The Morgan fingerprint density at radius 2 is 2.05 bits per heavy atom. The lowest BCUT2D eigenvalue weighted by Gasteiger charge is -2.27. The first-order valence-corrected chi connectivity index (χ1v) is 6.50.